The highest BCUT2D eigenvalue weighted by molar-refractivity contribution is 5.88. The fourth-order valence-electron chi connectivity index (χ4n) is 8.14. The zero-order valence-corrected chi connectivity index (χ0v) is 30.4. The Morgan fingerprint density at radius 1 is 0.542 bits per heavy atom. The Hall–Kier alpha value is -2.72. The van der Waals surface area contributed by atoms with Crippen LogP contribution in [0.25, 0.3) is 21.5 Å². The summed E-state index contributed by atoms with van der Waals surface area (Å²) in [6.07, 6.45) is 22.5. The summed E-state index contributed by atoms with van der Waals surface area (Å²) in [4.78, 5) is 5.40. The van der Waals surface area contributed by atoms with Crippen molar-refractivity contribution >= 4 is 21.5 Å². The molecule has 0 aromatic heterocycles. The first-order chi connectivity index (χ1) is 23.8. The first-order valence-electron chi connectivity index (χ1n) is 19.8. The maximum absolute atomic E-state index is 5.90. The van der Waals surface area contributed by atoms with Gasteiger partial charge < -0.3 is 4.74 Å². The molecule has 0 amide bonds. The normalized spacial score (nSPS) is 15.4. The van der Waals surface area contributed by atoms with Crippen LogP contribution in [0.2, 0.25) is 0 Å². The summed E-state index contributed by atoms with van der Waals surface area (Å²) in [7, 11) is 2.39. The minimum absolute atomic E-state index is 0.233. The van der Waals surface area contributed by atoms with Crippen LogP contribution in [-0.4, -0.2) is 49.7 Å². The van der Waals surface area contributed by atoms with Crippen molar-refractivity contribution in [2.24, 2.45) is 0 Å². The van der Waals surface area contributed by atoms with Gasteiger partial charge in [0.05, 0.1) is 25.3 Å². The van der Waals surface area contributed by atoms with Crippen LogP contribution >= 0.6 is 0 Å². The number of unbranched alkanes of at least 4 members (excludes halogenated alkanes) is 15. The molecule has 1 aliphatic heterocycles. The molecule has 3 nitrogen and oxygen atoms in total. The van der Waals surface area contributed by atoms with Crippen LogP contribution in [-0.2, 0) is 4.74 Å². The number of likely N-dealkylation sites (N-methyl/N-ethyl adjacent to an activating group) is 1. The van der Waals surface area contributed by atoms with Crippen LogP contribution in [0.3, 0.4) is 0 Å². The van der Waals surface area contributed by atoms with E-state index >= 15 is 0 Å². The van der Waals surface area contributed by atoms with Gasteiger partial charge in [-0.3, -0.25) is 9.80 Å². The lowest BCUT2D eigenvalue weighted by molar-refractivity contribution is -0.00711. The average Bonchev–Trinajstić information content (AvgIpc) is 3.13. The zero-order chi connectivity index (χ0) is 33.2. The number of morpholine rings is 1. The molecule has 1 aliphatic rings. The summed E-state index contributed by atoms with van der Waals surface area (Å²) in [6.45, 7) is 6.93. The van der Waals surface area contributed by atoms with Crippen LogP contribution < -0.4 is 0 Å². The van der Waals surface area contributed by atoms with E-state index in [9.17, 15) is 0 Å². The molecule has 0 spiro atoms. The average molecular weight is 649 g/mol. The van der Waals surface area contributed by atoms with Gasteiger partial charge in [-0.05, 0) is 52.7 Å². The second-order valence-electron chi connectivity index (χ2n) is 14.5. The van der Waals surface area contributed by atoms with Crippen molar-refractivity contribution in [2.45, 2.75) is 122 Å². The molecule has 5 rings (SSSR count). The van der Waals surface area contributed by atoms with Crippen molar-refractivity contribution in [1.29, 1.82) is 0 Å². The largest absolute Gasteiger partial charge is 0.379 e. The van der Waals surface area contributed by atoms with Crippen LogP contribution in [0.4, 0.5) is 0 Å². The van der Waals surface area contributed by atoms with Crippen molar-refractivity contribution in [3.05, 3.63) is 96.1 Å². The molecule has 0 bridgehead atoms. The third-order valence-electron chi connectivity index (χ3n) is 10.9. The fraction of sp³-hybridized carbons (Fsp3) is 0.556. The van der Waals surface area contributed by atoms with Crippen molar-refractivity contribution in [2.75, 3.05) is 39.9 Å². The van der Waals surface area contributed by atoms with E-state index in [1.165, 1.54) is 135 Å². The van der Waals surface area contributed by atoms with Crippen molar-refractivity contribution in [1.82, 2.24) is 9.80 Å². The van der Waals surface area contributed by atoms with E-state index in [2.05, 4.69) is 109 Å². The van der Waals surface area contributed by atoms with Gasteiger partial charge in [-0.15, -0.1) is 0 Å². The van der Waals surface area contributed by atoms with E-state index in [1.807, 2.05) is 0 Å². The van der Waals surface area contributed by atoms with Crippen LogP contribution in [0.5, 0.6) is 0 Å². The van der Waals surface area contributed by atoms with Gasteiger partial charge in [-0.2, -0.15) is 0 Å². The summed E-state index contributed by atoms with van der Waals surface area (Å²) in [5, 5.41) is 5.40. The molecule has 4 aromatic rings. The molecule has 1 saturated heterocycles. The fourth-order valence-corrected chi connectivity index (χ4v) is 8.14. The number of nitrogens with zero attached hydrogens (tertiary/aromatic N) is 2. The predicted octanol–water partition coefficient (Wildman–Crippen LogP) is 12.3. The SMILES string of the molecule is CCCCCCCCCCCCCCCCCCN(C)C(c1cccc2ccccc12)C(c1cccc2ccccc12)N1CCOCC1. The lowest BCUT2D eigenvalue weighted by Crippen LogP contribution is -2.45. The van der Waals surface area contributed by atoms with Gasteiger partial charge in [0, 0.05) is 13.1 Å². The highest BCUT2D eigenvalue weighted by Crippen LogP contribution is 2.43. The third-order valence-corrected chi connectivity index (χ3v) is 10.9. The van der Waals surface area contributed by atoms with Crippen molar-refractivity contribution in [3.8, 4) is 0 Å². The molecule has 4 aromatic carbocycles. The Bertz CT molecular complexity index is 1450. The molecule has 3 heteroatoms. The lowest BCUT2D eigenvalue weighted by atomic mass is 9.85. The van der Waals surface area contributed by atoms with Gasteiger partial charge in [0.2, 0.25) is 0 Å². The molecule has 260 valence electrons. The highest BCUT2D eigenvalue weighted by Gasteiger charge is 2.35. The summed E-state index contributed by atoms with van der Waals surface area (Å²) in [5.74, 6) is 0. The van der Waals surface area contributed by atoms with E-state index < -0.39 is 0 Å². The molecule has 1 heterocycles. The van der Waals surface area contributed by atoms with Gasteiger partial charge in [0.15, 0.2) is 0 Å². The first kappa shape index (κ1) is 36.6. The molecule has 1 fully saturated rings. The van der Waals surface area contributed by atoms with Crippen molar-refractivity contribution in [3.63, 3.8) is 0 Å². The van der Waals surface area contributed by atoms with Gasteiger partial charge in [-0.25, -0.2) is 0 Å². The van der Waals surface area contributed by atoms with E-state index in [0.29, 0.717) is 0 Å². The lowest BCUT2D eigenvalue weighted by Gasteiger charge is -2.44. The van der Waals surface area contributed by atoms with Crippen LogP contribution in [0.15, 0.2) is 84.9 Å². The number of benzene rings is 4. The maximum Gasteiger partial charge on any atom is 0.0594 e. The molecule has 0 aliphatic carbocycles. The minimum Gasteiger partial charge on any atom is -0.379 e. The highest BCUT2D eigenvalue weighted by atomic mass is 16.5. The molecule has 0 saturated carbocycles. The molecular formula is C45H64N2O. The summed E-state index contributed by atoms with van der Waals surface area (Å²) in [5.41, 5.74) is 2.88. The molecule has 0 radical (unpaired) electrons. The van der Waals surface area contributed by atoms with Gasteiger partial charge in [0.25, 0.3) is 0 Å². The maximum atomic E-state index is 5.90. The van der Waals surface area contributed by atoms with E-state index in [0.717, 1.165) is 32.8 Å². The standard InChI is InChI=1S/C45H64N2O/c1-3-4-5-6-7-8-9-10-11-12-13-14-15-16-17-22-33-46(2)44(42-31-23-27-38-25-18-20-29-40(38)42)45(47-34-36-48-37-35-47)43-32-24-28-39-26-19-21-30-41(39)43/h18-21,23-32,44-45H,3-17,22,33-37H2,1-2H3. The third kappa shape index (κ3) is 10.6. The Morgan fingerprint density at radius 2 is 0.979 bits per heavy atom. The molecule has 2 atom stereocenters. The number of hydrogen-bond donors (Lipinski definition) is 0. The topological polar surface area (TPSA) is 15.7 Å². The first-order valence-corrected chi connectivity index (χ1v) is 19.8. The van der Waals surface area contributed by atoms with Gasteiger partial charge in [-0.1, -0.05) is 188 Å². The van der Waals surface area contributed by atoms with E-state index in [4.69, 9.17) is 4.74 Å². The number of fused-ring (bicyclic) bond motifs is 2. The Kier molecular flexibility index (Phi) is 15.8. The Labute approximate surface area is 293 Å². The smallest absolute Gasteiger partial charge is 0.0594 e. The summed E-state index contributed by atoms with van der Waals surface area (Å²) >= 11 is 0. The minimum atomic E-state index is 0.233. The van der Waals surface area contributed by atoms with Crippen LogP contribution in [0.1, 0.15) is 133 Å². The predicted molar refractivity (Wildman–Crippen MR) is 208 cm³/mol. The molecule has 48 heavy (non-hydrogen) atoms. The van der Waals surface area contributed by atoms with Gasteiger partial charge >= 0.3 is 0 Å². The Balaban J connectivity index is 1.20. The number of rotatable bonds is 22. The Morgan fingerprint density at radius 3 is 1.52 bits per heavy atom. The summed E-state index contributed by atoms with van der Waals surface area (Å²) < 4.78 is 5.90. The van der Waals surface area contributed by atoms with Crippen LogP contribution in [0, 0.1) is 0 Å². The molecular weight excluding hydrogens is 585 g/mol. The second-order valence-corrected chi connectivity index (χ2v) is 14.5. The molecule has 0 N–H and O–H groups in total. The van der Waals surface area contributed by atoms with E-state index in [-0.39, 0.29) is 12.1 Å². The summed E-state index contributed by atoms with van der Waals surface area (Å²) in [6, 6.07) is 32.3. The van der Waals surface area contributed by atoms with Gasteiger partial charge in [0.1, 0.15) is 0 Å². The monoisotopic (exact) mass is 649 g/mol. The quantitative estimate of drug-likeness (QED) is 0.0789. The zero-order valence-electron chi connectivity index (χ0n) is 30.4. The number of ether oxygens (including phenoxy) is 1. The van der Waals surface area contributed by atoms with Crippen molar-refractivity contribution < 1.29 is 4.74 Å². The van der Waals surface area contributed by atoms with E-state index in [1.54, 1.807) is 0 Å². The number of hydrogen-bond acceptors (Lipinski definition) is 3. The second kappa shape index (κ2) is 20.7. The molecule has 2 unspecified atom stereocenters.